The summed E-state index contributed by atoms with van der Waals surface area (Å²) in [7, 11) is 1.43. The van der Waals surface area contributed by atoms with E-state index in [2.05, 4.69) is 9.69 Å². The fraction of sp³-hybridized carbons (Fsp3) is 0.267. The third kappa shape index (κ3) is 4.96. The van der Waals surface area contributed by atoms with Crippen LogP contribution in [-0.4, -0.2) is 28.7 Å². The molecule has 0 aliphatic carbocycles. The maximum Gasteiger partial charge on any atom is 0.407 e. The molecule has 1 atom stereocenters. The lowest BCUT2D eigenvalue weighted by molar-refractivity contribution is -0.137. The summed E-state index contributed by atoms with van der Waals surface area (Å²) < 4.78 is 14.2. The fourth-order valence-electron chi connectivity index (χ4n) is 1.94. The largest absolute Gasteiger partial charge is 0.481 e. The number of carbonyl (C=O) groups is 2. The van der Waals surface area contributed by atoms with Gasteiger partial charge >= 0.3 is 12.1 Å². The zero-order valence-electron chi connectivity index (χ0n) is 12.4. The molecule has 0 saturated carbocycles. The van der Waals surface area contributed by atoms with Crippen molar-refractivity contribution in [1.29, 1.82) is 0 Å². The van der Waals surface area contributed by atoms with Gasteiger partial charge < -0.3 is 19.9 Å². The van der Waals surface area contributed by atoms with E-state index in [1.165, 1.54) is 7.11 Å². The van der Waals surface area contributed by atoms with Gasteiger partial charge in [0.25, 0.3) is 0 Å². The number of nitrogens with zero attached hydrogens (tertiary/aromatic N) is 1. The van der Waals surface area contributed by atoms with Crippen LogP contribution in [0.2, 0.25) is 0 Å². The van der Waals surface area contributed by atoms with Gasteiger partial charge in [0.15, 0.2) is 0 Å². The van der Waals surface area contributed by atoms with Crippen LogP contribution in [0.25, 0.3) is 0 Å². The van der Waals surface area contributed by atoms with Gasteiger partial charge in [0, 0.05) is 10.9 Å². The molecule has 23 heavy (non-hydrogen) atoms. The van der Waals surface area contributed by atoms with Gasteiger partial charge in [-0.2, -0.15) is 4.37 Å². The van der Waals surface area contributed by atoms with Crippen LogP contribution in [0.15, 0.2) is 35.7 Å². The average molecular weight is 336 g/mol. The molecule has 2 aromatic rings. The second-order valence-corrected chi connectivity index (χ2v) is 5.26. The Balaban J connectivity index is 2.00. The zero-order valence-corrected chi connectivity index (χ0v) is 13.2. The molecule has 0 spiro atoms. The quantitative estimate of drug-likeness (QED) is 0.806. The van der Waals surface area contributed by atoms with Gasteiger partial charge in [0.05, 0.1) is 19.6 Å². The number of nitrogens with one attached hydrogen (secondary N) is 1. The summed E-state index contributed by atoms with van der Waals surface area (Å²) in [6.07, 6.45) is -0.997. The zero-order chi connectivity index (χ0) is 16.7. The number of hydrogen-bond acceptors (Lipinski definition) is 6. The number of amides is 1. The number of carbonyl (C=O) groups excluding carboxylic acids is 1. The minimum atomic E-state index is -1.05. The van der Waals surface area contributed by atoms with E-state index in [1.54, 1.807) is 5.38 Å². The molecule has 122 valence electrons. The standard InChI is InChI=1S/C15H16N2O5S/c1-21-14-11(9-23-17-14)12(7-13(18)19)16-15(20)22-8-10-5-3-2-4-6-10/h2-6,9,12H,7-8H2,1H3,(H,16,20)(H,18,19)/t12-/m1/s1. The Kier molecular flexibility index (Phi) is 5.93. The second-order valence-electron chi connectivity index (χ2n) is 4.64. The van der Waals surface area contributed by atoms with Gasteiger partial charge in [-0.25, -0.2) is 4.79 Å². The van der Waals surface area contributed by atoms with Crippen LogP contribution in [-0.2, 0) is 16.1 Å². The van der Waals surface area contributed by atoms with E-state index >= 15 is 0 Å². The highest BCUT2D eigenvalue weighted by Crippen LogP contribution is 2.28. The number of methoxy groups -OCH3 is 1. The van der Waals surface area contributed by atoms with Crippen LogP contribution in [0.5, 0.6) is 5.88 Å². The van der Waals surface area contributed by atoms with Crippen molar-refractivity contribution in [2.45, 2.75) is 19.1 Å². The van der Waals surface area contributed by atoms with Crippen molar-refractivity contribution in [3.05, 3.63) is 46.8 Å². The van der Waals surface area contributed by atoms with E-state index in [9.17, 15) is 9.59 Å². The van der Waals surface area contributed by atoms with Gasteiger partial charge in [-0.3, -0.25) is 4.79 Å². The average Bonchev–Trinajstić information content (AvgIpc) is 3.01. The number of ether oxygens (including phenoxy) is 2. The lowest BCUT2D eigenvalue weighted by Crippen LogP contribution is -2.30. The molecule has 1 heterocycles. The summed E-state index contributed by atoms with van der Waals surface area (Å²) >= 11 is 1.12. The van der Waals surface area contributed by atoms with Crippen molar-refractivity contribution in [1.82, 2.24) is 9.69 Å². The lowest BCUT2D eigenvalue weighted by atomic mass is 10.1. The van der Waals surface area contributed by atoms with Crippen LogP contribution in [0, 0.1) is 0 Å². The van der Waals surface area contributed by atoms with Crippen LogP contribution in [0.3, 0.4) is 0 Å². The van der Waals surface area contributed by atoms with Crippen molar-refractivity contribution in [3.8, 4) is 5.88 Å². The molecule has 2 rings (SSSR count). The SMILES string of the molecule is COc1nscc1[C@@H](CC(=O)O)NC(=O)OCc1ccccc1. The number of hydrogen-bond donors (Lipinski definition) is 2. The lowest BCUT2D eigenvalue weighted by Gasteiger charge is -2.16. The molecule has 2 N–H and O–H groups in total. The van der Waals surface area contributed by atoms with E-state index in [-0.39, 0.29) is 13.0 Å². The van der Waals surface area contributed by atoms with Crippen LogP contribution in [0.4, 0.5) is 4.79 Å². The van der Waals surface area contributed by atoms with Crippen LogP contribution < -0.4 is 10.1 Å². The molecule has 0 bridgehead atoms. The monoisotopic (exact) mass is 336 g/mol. The van der Waals surface area contributed by atoms with E-state index < -0.39 is 18.1 Å². The molecular formula is C15H16N2O5S. The first kappa shape index (κ1) is 16.8. The van der Waals surface area contributed by atoms with E-state index in [4.69, 9.17) is 14.6 Å². The van der Waals surface area contributed by atoms with Crippen molar-refractivity contribution in [3.63, 3.8) is 0 Å². The maximum absolute atomic E-state index is 11.9. The molecule has 0 aliphatic heterocycles. The Labute approximate surface area is 137 Å². The maximum atomic E-state index is 11.9. The number of aromatic nitrogens is 1. The molecule has 7 nitrogen and oxygen atoms in total. The number of aliphatic carboxylic acids is 1. The third-order valence-electron chi connectivity index (χ3n) is 3.01. The first-order chi connectivity index (χ1) is 11.1. The normalized spacial score (nSPS) is 11.5. The number of carboxylic acids is 1. The Hall–Kier alpha value is -2.61. The smallest absolute Gasteiger partial charge is 0.407 e. The number of benzene rings is 1. The number of rotatable bonds is 7. The minimum absolute atomic E-state index is 0.103. The highest BCUT2D eigenvalue weighted by molar-refractivity contribution is 7.03. The summed E-state index contributed by atoms with van der Waals surface area (Å²) in [4.78, 5) is 22.9. The van der Waals surface area contributed by atoms with Gasteiger partial charge in [-0.05, 0) is 17.1 Å². The predicted octanol–water partition coefficient (Wildman–Crippen LogP) is 2.59. The highest BCUT2D eigenvalue weighted by Gasteiger charge is 2.23. The van der Waals surface area contributed by atoms with Gasteiger partial charge in [0.1, 0.15) is 6.61 Å². The molecule has 0 radical (unpaired) electrons. The van der Waals surface area contributed by atoms with Gasteiger partial charge in [0.2, 0.25) is 5.88 Å². The summed E-state index contributed by atoms with van der Waals surface area (Å²) in [5.74, 6) is -0.753. The Morgan fingerprint density at radius 1 is 1.35 bits per heavy atom. The van der Waals surface area contributed by atoms with E-state index in [1.807, 2.05) is 30.3 Å². The highest BCUT2D eigenvalue weighted by atomic mass is 32.1. The first-order valence-corrected chi connectivity index (χ1v) is 7.61. The molecule has 0 saturated heterocycles. The Morgan fingerprint density at radius 2 is 2.09 bits per heavy atom. The minimum Gasteiger partial charge on any atom is -0.481 e. The number of alkyl carbamates (subject to hydrolysis) is 1. The third-order valence-corrected chi connectivity index (χ3v) is 3.65. The second kappa shape index (κ2) is 8.14. The Morgan fingerprint density at radius 3 is 2.74 bits per heavy atom. The summed E-state index contributed by atoms with van der Waals surface area (Å²) in [5, 5.41) is 13.2. The summed E-state index contributed by atoms with van der Waals surface area (Å²) in [6, 6.07) is 8.42. The molecule has 8 heteroatoms. The van der Waals surface area contributed by atoms with Crippen LogP contribution in [0.1, 0.15) is 23.6 Å². The van der Waals surface area contributed by atoms with Gasteiger partial charge in [-0.1, -0.05) is 30.3 Å². The van der Waals surface area contributed by atoms with Gasteiger partial charge in [-0.15, -0.1) is 0 Å². The first-order valence-electron chi connectivity index (χ1n) is 6.77. The van der Waals surface area contributed by atoms with E-state index in [0.717, 1.165) is 17.1 Å². The molecular weight excluding hydrogens is 320 g/mol. The molecule has 1 aromatic heterocycles. The van der Waals surface area contributed by atoms with Crippen LogP contribution >= 0.6 is 11.5 Å². The number of carboxylic acid groups (broad SMARTS) is 1. The topological polar surface area (TPSA) is 97.8 Å². The van der Waals surface area contributed by atoms with Crippen molar-refractivity contribution >= 4 is 23.6 Å². The molecule has 1 aromatic carbocycles. The van der Waals surface area contributed by atoms with Crippen molar-refractivity contribution in [2.24, 2.45) is 0 Å². The molecule has 0 fully saturated rings. The summed E-state index contributed by atoms with van der Waals surface area (Å²) in [6.45, 7) is 0.103. The van der Waals surface area contributed by atoms with E-state index in [0.29, 0.717) is 11.4 Å². The van der Waals surface area contributed by atoms with Crippen molar-refractivity contribution < 1.29 is 24.2 Å². The molecule has 0 unspecified atom stereocenters. The Bertz CT molecular complexity index is 659. The summed E-state index contributed by atoms with van der Waals surface area (Å²) in [5.41, 5.74) is 1.35. The molecule has 1 amide bonds. The predicted molar refractivity (Wildman–Crippen MR) is 83.4 cm³/mol. The molecule has 0 aliphatic rings. The fourth-order valence-corrected chi connectivity index (χ4v) is 2.65. The van der Waals surface area contributed by atoms with Crippen molar-refractivity contribution in [2.75, 3.05) is 7.11 Å².